The summed E-state index contributed by atoms with van der Waals surface area (Å²) in [6, 6.07) is 14.8. The molecule has 0 atom stereocenters. The minimum atomic E-state index is -3.57. The number of para-hydroxylation sites is 1. The largest absolute Gasteiger partial charge is 0.355 e. The summed E-state index contributed by atoms with van der Waals surface area (Å²) in [4.78, 5) is 12.3. The molecule has 7 heteroatoms. The number of hydrogen-bond donors (Lipinski definition) is 1. The Morgan fingerprint density at radius 3 is 2.33 bits per heavy atom. The number of aryl methyl sites for hydroxylation is 2. The van der Waals surface area contributed by atoms with Gasteiger partial charge in [-0.25, -0.2) is 8.42 Å². The van der Waals surface area contributed by atoms with Gasteiger partial charge in [-0.1, -0.05) is 54.9 Å². The van der Waals surface area contributed by atoms with E-state index >= 15 is 0 Å². The molecule has 2 aromatic carbocycles. The van der Waals surface area contributed by atoms with Crippen LogP contribution < -0.4 is 9.62 Å². The highest BCUT2D eigenvalue weighted by atomic mass is 35.5. The van der Waals surface area contributed by atoms with E-state index in [1.807, 2.05) is 43.3 Å². The van der Waals surface area contributed by atoms with Crippen LogP contribution in [0.5, 0.6) is 0 Å². The normalized spacial score (nSPS) is 11.2. The van der Waals surface area contributed by atoms with E-state index in [1.54, 1.807) is 12.1 Å². The summed E-state index contributed by atoms with van der Waals surface area (Å²) in [6.07, 6.45) is 3.26. The number of amides is 1. The van der Waals surface area contributed by atoms with Crippen LogP contribution in [0.2, 0.25) is 5.02 Å². The van der Waals surface area contributed by atoms with Crippen LogP contribution >= 0.6 is 11.6 Å². The second-order valence-corrected chi connectivity index (χ2v) is 8.61. The van der Waals surface area contributed by atoms with Gasteiger partial charge in [-0.2, -0.15) is 0 Å². The number of rotatable bonds is 9. The van der Waals surface area contributed by atoms with Crippen LogP contribution in [0.3, 0.4) is 0 Å². The Morgan fingerprint density at radius 1 is 1.07 bits per heavy atom. The molecule has 0 aliphatic carbocycles. The third-order valence-corrected chi connectivity index (χ3v) is 5.73. The fourth-order valence-corrected chi connectivity index (χ4v) is 3.95. The Labute approximate surface area is 166 Å². The molecule has 0 saturated carbocycles. The van der Waals surface area contributed by atoms with Crippen molar-refractivity contribution in [1.29, 1.82) is 0 Å². The summed E-state index contributed by atoms with van der Waals surface area (Å²) in [5.41, 5.74) is 2.46. The lowest BCUT2D eigenvalue weighted by molar-refractivity contribution is -0.119. The number of hydrogen-bond acceptors (Lipinski definition) is 3. The van der Waals surface area contributed by atoms with Gasteiger partial charge in [0, 0.05) is 11.6 Å². The summed E-state index contributed by atoms with van der Waals surface area (Å²) in [6.45, 7) is 2.17. The van der Waals surface area contributed by atoms with Crippen molar-refractivity contribution in [1.82, 2.24) is 5.32 Å². The number of carbonyl (C=O) groups excluding carboxylic acids is 1. The minimum Gasteiger partial charge on any atom is -0.355 e. The summed E-state index contributed by atoms with van der Waals surface area (Å²) in [7, 11) is -3.57. The van der Waals surface area contributed by atoms with Crippen LogP contribution in [-0.2, 0) is 27.7 Å². The van der Waals surface area contributed by atoms with E-state index in [9.17, 15) is 13.2 Å². The first kappa shape index (κ1) is 21.3. The molecule has 0 saturated heterocycles. The van der Waals surface area contributed by atoms with Crippen molar-refractivity contribution in [3.05, 3.63) is 64.7 Å². The van der Waals surface area contributed by atoms with Crippen LogP contribution in [0.15, 0.2) is 48.5 Å². The highest BCUT2D eigenvalue weighted by Gasteiger charge is 2.22. The van der Waals surface area contributed by atoms with Gasteiger partial charge in [0.2, 0.25) is 15.9 Å². The van der Waals surface area contributed by atoms with E-state index in [-0.39, 0.29) is 12.5 Å². The molecule has 2 rings (SSSR count). The van der Waals surface area contributed by atoms with Gasteiger partial charge >= 0.3 is 0 Å². The Kier molecular flexibility index (Phi) is 7.68. The fraction of sp³-hybridized carbons (Fsp3) is 0.350. The molecule has 0 aromatic heterocycles. The molecule has 0 bridgehead atoms. The zero-order valence-electron chi connectivity index (χ0n) is 15.6. The maximum Gasteiger partial charge on any atom is 0.240 e. The van der Waals surface area contributed by atoms with Crippen molar-refractivity contribution >= 4 is 33.2 Å². The third-order valence-electron chi connectivity index (χ3n) is 4.23. The molecule has 0 aliphatic rings. The predicted molar refractivity (Wildman–Crippen MR) is 111 cm³/mol. The third kappa shape index (κ3) is 6.26. The van der Waals surface area contributed by atoms with E-state index < -0.39 is 10.0 Å². The van der Waals surface area contributed by atoms with Gasteiger partial charge in [-0.15, -0.1) is 0 Å². The molecule has 1 N–H and O–H groups in total. The van der Waals surface area contributed by atoms with Crippen molar-refractivity contribution in [2.45, 2.75) is 26.2 Å². The zero-order chi connectivity index (χ0) is 19.9. The molecule has 1 amide bonds. The van der Waals surface area contributed by atoms with Crippen LogP contribution in [0.1, 0.15) is 24.5 Å². The lowest BCUT2D eigenvalue weighted by atomic mass is 10.1. The molecule has 0 heterocycles. The van der Waals surface area contributed by atoms with E-state index in [1.165, 1.54) is 0 Å². The first-order valence-electron chi connectivity index (χ1n) is 8.88. The lowest BCUT2D eigenvalue weighted by Crippen LogP contribution is -2.41. The Hall–Kier alpha value is -2.05. The number of nitrogens with zero attached hydrogens (tertiary/aromatic N) is 1. The van der Waals surface area contributed by atoms with Gasteiger partial charge < -0.3 is 5.32 Å². The van der Waals surface area contributed by atoms with Crippen molar-refractivity contribution in [2.75, 3.05) is 23.7 Å². The van der Waals surface area contributed by atoms with Crippen LogP contribution in [-0.4, -0.2) is 33.7 Å². The smallest absolute Gasteiger partial charge is 0.240 e. The van der Waals surface area contributed by atoms with Gasteiger partial charge in [-0.3, -0.25) is 9.10 Å². The summed E-state index contributed by atoms with van der Waals surface area (Å²) < 4.78 is 25.6. The number of carbonyl (C=O) groups is 1. The number of sulfonamides is 1. The van der Waals surface area contributed by atoms with Gasteiger partial charge in [0.25, 0.3) is 0 Å². The number of nitrogens with one attached hydrogen (secondary N) is 1. The summed E-state index contributed by atoms with van der Waals surface area (Å²) >= 11 is 6.12. The van der Waals surface area contributed by atoms with E-state index in [4.69, 9.17) is 11.6 Å². The lowest BCUT2D eigenvalue weighted by Gasteiger charge is -2.24. The zero-order valence-corrected chi connectivity index (χ0v) is 17.2. The summed E-state index contributed by atoms with van der Waals surface area (Å²) in [5.74, 6) is -0.328. The topological polar surface area (TPSA) is 66.5 Å². The highest BCUT2D eigenvalue weighted by Crippen LogP contribution is 2.23. The molecule has 0 fully saturated rings. The van der Waals surface area contributed by atoms with E-state index in [2.05, 4.69) is 5.32 Å². The van der Waals surface area contributed by atoms with E-state index in [0.717, 1.165) is 34.5 Å². The molecule has 0 aliphatic heterocycles. The van der Waals surface area contributed by atoms with Gasteiger partial charge in [0.1, 0.15) is 6.54 Å². The number of anilines is 1. The SMILES string of the molecule is CCc1ccccc1N(CC(=O)NCCCc1ccccc1Cl)S(C)(=O)=O. The average molecular weight is 409 g/mol. The Morgan fingerprint density at radius 2 is 1.70 bits per heavy atom. The first-order chi connectivity index (χ1) is 12.8. The van der Waals surface area contributed by atoms with Crippen molar-refractivity contribution in [2.24, 2.45) is 0 Å². The predicted octanol–water partition coefficient (Wildman–Crippen LogP) is 3.42. The maximum absolute atomic E-state index is 12.3. The molecule has 0 spiro atoms. The average Bonchev–Trinajstić information content (AvgIpc) is 2.63. The van der Waals surface area contributed by atoms with E-state index in [0.29, 0.717) is 23.7 Å². The Balaban J connectivity index is 1.96. The highest BCUT2D eigenvalue weighted by molar-refractivity contribution is 7.92. The second kappa shape index (κ2) is 9.76. The quantitative estimate of drug-likeness (QED) is 0.646. The molecule has 5 nitrogen and oxygen atoms in total. The van der Waals surface area contributed by atoms with Crippen LogP contribution in [0.4, 0.5) is 5.69 Å². The molecular weight excluding hydrogens is 384 g/mol. The van der Waals surface area contributed by atoms with Crippen LogP contribution in [0.25, 0.3) is 0 Å². The first-order valence-corrected chi connectivity index (χ1v) is 11.1. The number of halogens is 1. The molecule has 0 radical (unpaired) electrons. The number of benzene rings is 2. The fourth-order valence-electron chi connectivity index (χ4n) is 2.83. The Bertz CT molecular complexity index is 884. The molecular formula is C20H25ClN2O3S. The molecule has 27 heavy (non-hydrogen) atoms. The standard InChI is InChI=1S/C20H25ClN2O3S/c1-3-16-9-5-7-13-19(16)23(27(2,25)26)15-20(24)22-14-8-11-17-10-4-6-12-18(17)21/h4-7,9-10,12-13H,3,8,11,14-15H2,1-2H3,(H,22,24). The molecule has 146 valence electrons. The molecule has 0 unspecified atom stereocenters. The van der Waals surface area contributed by atoms with Gasteiger partial charge in [0.15, 0.2) is 0 Å². The van der Waals surface area contributed by atoms with Crippen molar-refractivity contribution in [3.63, 3.8) is 0 Å². The van der Waals surface area contributed by atoms with Crippen LogP contribution in [0, 0.1) is 0 Å². The molecule has 2 aromatic rings. The maximum atomic E-state index is 12.3. The minimum absolute atomic E-state index is 0.234. The van der Waals surface area contributed by atoms with Gasteiger partial charge in [0.05, 0.1) is 11.9 Å². The second-order valence-electron chi connectivity index (χ2n) is 6.30. The van der Waals surface area contributed by atoms with Gasteiger partial charge in [-0.05, 0) is 42.5 Å². The monoisotopic (exact) mass is 408 g/mol. The van der Waals surface area contributed by atoms with Crippen molar-refractivity contribution < 1.29 is 13.2 Å². The van der Waals surface area contributed by atoms with Crippen molar-refractivity contribution in [3.8, 4) is 0 Å². The summed E-state index contributed by atoms with van der Waals surface area (Å²) in [5, 5.41) is 3.51.